The summed E-state index contributed by atoms with van der Waals surface area (Å²) in [5.41, 5.74) is 0.497. The van der Waals surface area contributed by atoms with Crippen molar-refractivity contribution in [1.29, 1.82) is 0 Å². The van der Waals surface area contributed by atoms with Crippen molar-refractivity contribution >= 4 is 24.2 Å². The van der Waals surface area contributed by atoms with Gasteiger partial charge >= 0.3 is 0 Å². The van der Waals surface area contributed by atoms with E-state index in [4.69, 9.17) is 0 Å². The lowest BCUT2D eigenvalue weighted by atomic mass is 10.3. The Labute approximate surface area is 86.9 Å². The van der Waals surface area contributed by atoms with E-state index in [0.717, 1.165) is 12.8 Å². The van der Waals surface area contributed by atoms with Gasteiger partial charge in [-0.15, -0.1) is 12.6 Å². The number of carbonyl (C=O) groups is 1. The van der Waals surface area contributed by atoms with Crippen LogP contribution in [0.15, 0.2) is 23.1 Å². The van der Waals surface area contributed by atoms with Crippen LogP contribution in [0.1, 0.15) is 12.8 Å². The summed E-state index contributed by atoms with van der Waals surface area (Å²) in [5, 5.41) is 2.66. The van der Waals surface area contributed by atoms with Gasteiger partial charge in [-0.2, -0.15) is 0 Å². The molecule has 1 fully saturated rings. The first-order valence-corrected chi connectivity index (χ1v) is 4.91. The molecule has 1 aliphatic carbocycles. The van der Waals surface area contributed by atoms with E-state index in [-0.39, 0.29) is 16.7 Å². The Balaban J connectivity index is 2.08. The van der Waals surface area contributed by atoms with Crippen molar-refractivity contribution < 1.29 is 9.18 Å². The van der Waals surface area contributed by atoms with Crippen LogP contribution >= 0.6 is 12.6 Å². The number of halogens is 1. The average molecular weight is 211 g/mol. The molecule has 0 radical (unpaired) electrons. The van der Waals surface area contributed by atoms with E-state index in [2.05, 4.69) is 17.9 Å². The summed E-state index contributed by atoms with van der Waals surface area (Å²) in [6, 6.07) is 4.45. The molecule has 0 saturated heterocycles. The van der Waals surface area contributed by atoms with E-state index in [9.17, 15) is 9.18 Å². The minimum Gasteiger partial charge on any atom is -0.326 e. The number of hydrogen-bond donors (Lipinski definition) is 2. The molecule has 0 spiro atoms. The number of thiol groups is 1. The van der Waals surface area contributed by atoms with Gasteiger partial charge in [0.1, 0.15) is 5.82 Å². The summed E-state index contributed by atoms with van der Waals surface area (Å²) in [5.74, 6) is -0.299. The molecule has 0 aliphatic heterocycles. The van der Waals surface area contributed by atoms with E-state index in [1.54, 1.807) is 6.07 Å². The first kappa shape index (κ1) is 9.52. The number of rotatable bonds is 2. The molecular weight excluding hydrogens is 201 g/mol. The van der Waals surface area contributed by atoms with Crippen molar-refractivity contribution in [2.45, 2.75) is 17.7 Å². The zero-order valence-corrected chi connectivity index (χ0v) is 8.35. The molecule has 1 saturated carbocycles. The normalized spacial score (nSPS) is 15.3. The first-order valence-electron chi connectivity index (χ1n) is 4.46. The third-order valence-electron chi connectivity index (χ3n) is 2.16. The van der Waals surface area contributed by atoms with E-state index < -0.39 is 5.82 Å². The molecule has 2 nitrogen and oxygen atoms in total. The van der Waals surface area contributed by atoms with E-state index in [0.29, 0.717) is 5.69 Å². The Bertz CT molecular complexity index is 376. The highest BCUT2D eigenvalue weighted by Crippen LogP contribution is 2.30. The molecule has 2 rings (SSSR count). The Hall–Kier alpha value is -1.03. The fraction of sp³-hybridized carbons (Fsp3) is 0.300. The second-order valence-electron chi connectivity index (χ2n) is 3.43. The van der Waals surface area contributed by atoms with Crippen molar-refractivity contribution in [3.63, 3.8) is 0 Å². The van der Waals surface area contributed by atoms with Gasteiger partial charge < -0.3 is 5.32 Å². The molecule has 0 unspecified atom stereocenters. The van der Waals surface area contributed by atoms with Crippen LogP contribution in [0.4, 0.5) is 10.1 Å². The van der Waals surface area contributed by atoms with Crippen LogP contribution < -0.4 is 5.32 Å². The fourth-order valence-electron chi connectivity index (χ4n) is 1.17. The minimum atomic E-state index is -0.415. The maximum absolute atomic E-state index is 13.0. The van der Waals surface area contributed by atoms with Crippen LogP contribution in [0.2, 0.25) is 0 Å². The number of carbonyl (C=O) groups excluding carboxylic acids is 1. The van der Waals surface area contributed by atoms with Crippen LogP contribution in [-0.4, -0.2) is 5.91 Å². The van der Waals surface area contributed by atoms with Crippen LogP contribution in [0.3, 0.4) is 0 Å². The summed E-state index contributed by atoms with van der Waals surface area (Å²) in [6.07, 6.45) is 1.89. The molecule has 1 aromatic carbocycles. The van der Waals surface area contributed by atoms with Crippen LogP contribution in [0.25, 0.3) is 0 Å². The predicted molar refractivity (Wildman–Crippen MR) is 55.0 cm³/mol. The van der Waals surface area contributed by atoms with Gasteiger partial charge in [0, 0.05) is 16.5 Å². The number of hydrogen-bond acceptors (Lipinski definition) is 2. The maximum Gasteiger partial charge on any atom is 0.227 e. The largest absolute Gasteiger partial charge is 0.326 e. The van der Waals surface area contributed by atoms with E-state index in [1.807, 2.05) is 0 Å². The Morgan fingerprint density at radius 3 is 2.79 bits per heavy atom. The number of amides is 1. The molecule has 1 amide bonds. The Morgan fingerprint density at radius 2 is 2.21 bits per heavy atom. The van der Waals surface area contributed by atoms with Gasteiger partial charge in [-0.25, -0.2) is 4.39 Å². The Kier molecular flexibility index (Phi) is 2.46. The highest BCUT2D eigenvalue weighted by Gasteiger charge is 2.29. The van der Waals surface area contributed by atoms with Crippen LogP contribution in [0.5, 0.6) is 0 Å². The van der Waals surface area contributed by atoms with Crippen molar-refractivity contribution in [2.75, 3.05) is 5.32 Å². The summed E-state index contributed by atoms with van der Waals surface area (Å²) >= 11 is 3.90. The van der Waals surface area contributed by atoms with Gasteiger partial charge in [0.15, 0.2) is 0 Å². The number of nitrogens with one attached hydrogen (secondary N) is 1. The van der Waals surface area contributed by atoms with Crippen molar-refractivity contribution in [3.05, 3.63) is 24.0 Å². The van der Waals surface area contributed by atoms with Crippen molar-refractivity contribution in [2.24, 2.45) is 5.92 Å². The third-order valence-corrected chi connectivity index (χ3v) is 2.53. The maximum atomic E-state index is 13.0. The zero-order valence-electron chi connectivity index (χ0n) is 7.46. The molecule has 74 valence electrons. The molecule has 14 heavy (non-hydrogen) atoms. The molecule has 1 aliphatic rings. The van der Waals surface area contributed by atoms with Crippen LogP contribution in [0, 0.1) is 11.7 Å². The standard InChI is InChI=1S/C10H10FNOS/c11-8-5-7(3-4-9(8)14)12-10(13)6-1-2-6/h3-6,14H,1-2H2,(H,12,13). The summed E-state index contributed by atoms with van der Waals surface area (Å²) in [6.45, 7) is 0. The molecule has 0 aromatic heterocycles. The lowest BCUT2D eigenvalue weighted by Gasteiger charge is -2.04. The average Bonchev–Trinajstić information content (AvgIpc) is 2.94. The van der Waals surface area contributed by atoms with Gasteiger partial charge in [0.25, 0.3) is 0 Å². The highest BCUT2D eigenvalue weighted by atomic mass is 32.1. The number of anilines is 1. The van der Waals surface area contributed by atoms with Gasteiger partial charge in [-0.05, 0) is 31.0 Å². The molecule has 0 bridgehead atoms. The quantitative estimate of drug-likeness (QED) is 0.723. The molecule has 4 heteroatoms. The van der Waals surface area contributed by atoms with E-state index in [1.165, 1.54) is 12.1 Å². The van der Waals surface area contributed by atoms with Gasteiger partial charge in [-0.3, -0.25) is 4.79 Å². The summed E-state index contributed by atoms with van der Waals surface area (Å²) < 4.78 is 13.0. The molecule has 0 heterocycles. The van der Waals surface area contributed by atoms with Crippen molar-refractivity contribution in [3.8, 4) is 0 Å². The first-order chi connectivity index (χ1) is 6.66. The molecule has 1 aromatic rings. The van der Waals surface area contributed by atoms with Crippen molar-refractivity contribution in [1.82, 2.24) is 0 Å². The second-order valence-corrected chi connectivity index (χ2v) is 3.91. The van der Waals surface area contributed by atoms with Gasteiger partial charge in [0.2, 0.25) is 5.91 Å². The predicted octanol–water partition coefficient (Wildman–Crippen LogP) is 2.46. The lowest BCUT2D eigenvalue weighted by molar-refractivity contribution is -0.117. The zero-order chi connectivity index (χ0) is 10.1. The monoisotopic (exact) mass is 211 g/mol. The smallest absolute Gasteiger partial charge is 0.227 e. The van der Waals surface area contributed by atoms with Gasteiger partial charge in [-0.1, -0.05) is 0 Å². The lowest BCUT2D eigenvalue weighted by Crippen LogP contribution is -2.13. The SMILES string of the molecule is O=C(Nc1ccc(S)c(F)c1)C1CC1. The topological polar surface area (TPSA) is 29.1 Å². The fourth-order valence-corrected chi connectivity index (χ4v) is 1.31. The molecular formula is C10H10FNOS. The highest BCUT2D eigenvalue weighted by molar-refractivity contribution is 7.80. The van der Waals surface area contributed by atoms with Gasteiger partial charge in [0.05, 0.1) is 0 Å². The van der Waals surface area contributed by atoms with E-state index >= 15 is 0 Å². The minimum absolute atomic E-state index is 0.0173. The second kappa shape index (κ2) is 3.61. The number of benzene rings is 1. The molecule has 1 N–H and O–H groups in total. The Morgan fingerprint density at radius 1 is 1.50 bits per heavy atom. The molecule has 0 atom stereocenters. The summed E-state index contributed by atoms with van der Waals surface area (Å²) in [7, 11) is 0. The summed E-state index contributed by atoms with van der Waals surface area (Å²) in [4.78, 5) is 11.6. The third kappa shape index (κ3) is 2.07. The van der Waals surface area contributed by atoms with Crippen LogP contribution in [-0.2, 0) is 4.79 Å².